The highest BCUT2D eigenvalue weighted by molar-refractivity contribution is 5.66. The van der Waals surface area contributed by atoms with Gasteiger partial charge in [0.25, 0.3) is 0 Å². The number of carboxylic acid groups (broad SMARTS) is 1. The van der Waals surface area contributed by atoms with Crippen molar-refractivity contribution in [2.75, 3.05) is 18.5 Å². The van der Waals surface area contributed by atoms with E-state index in [1.165, 1.54) is 5.56 Å². The summed E-state index contributed by atoms with van der Waals surface area (Å²) in [5.41, 5.74) is 1.23. The van der Waals surface area contributed by atoms with Gasteiger partial charge in [-0.15, -0.1) is 0 Å². The predicted octanol–water partition coefficient (Wildman–Crippen LogP) is 2.37. The Morgan fingerprint density at radius 1 is 1.25 bits per heavy atom. The van der Waals surface area contributed by atoms with Crippen LogP contribution in [0.5, 0.6) is 0 Å². The number of hydrogen-bond acceptors (Lipinski definition) is 4. The predicted molar refractivity (Wildman–Crippen MR) is 75.9 cm³/mol. The van der Waals surface area contributed by atoms with E-state index in [-0.39, 0.29) is 6.42 Å². The zero-order chi connectivity index (χ0) is 14.4. The molecular formula is C15H18N2O3. The molecule has 0 fully saturated rings. The normalized spacial score (nSPS) is 10.4. The van der Waals surface area contributed by atoms with Gasteiger partial charge in [-0.25, -0.2) is 0 Å². The smallest absolute Gasteiger partial charge is 0.303 e. The van der Waals surface area contributed by atoms with Crippen LogP contribution in [0.15, 0.2) is 41.1 Å². The molecule has 0 atom stereocenters. The maximum Gasteiger partial charge on any atom is 0.303 e. The summed E-state index contributed by atoms with van der Waals surface area (Å²) in [6.45, 7) is 0.829. The molecule has 0 saturated carbocycles. The first-order valence-electron chi connectivity index (χ1n) is 6.55. The number of aromatic nitrogens is 1. The highest BCUT2D eigenvalue weighted by Crippen LogP contribution is 2.18. The van der Waals surface area contributed by atoms with Crippen LogP contribution in [0.3, 0.4) is 0 Å². The van der Waals surface area contributed by atoms with E-state index in [1.807, 2.05) is 36.2 Å². The molecule has 0 spiro atoms. The Morgan fingerprint density at radius 2 is 2.00 bits per heavy atom. The minimum Gasteiger partial charge on any atom is -0.481 e. The molecular weight excluding hydrogens is 256 g/mol. The average molecular weight is 274 g/mol. The molecule has 2 aromatic heterocycles. The van der Waals surface area contributed by atoms with E-state index in [2.05, 4.69) is 4.98 Å². The van der Waals surface area contributed by atoms with E-state index in [0.717, 1.165) is 18.8 Å². The number of hydrogen-bond donors (Lipinski definition) is 1. The van der Waals surface area contributed by atoms with Crippen LogP contribution in [0.4, 0.5) is 5.88 Å². The van der Waals surface area contributed by atoms with Crippen LogP contribution in [-0.2, 0) is 17.6 Å². The summed E-state index contributed by atoms with van der Waals surface area (Å²) < 4.78 is 5.63. The number of rotatable bonds is 7. The lowest BCUT2D eigenvalue weighted by Gasteiger charge is -2.15. The molecule has 0 amide bonds. The second-order valence-electron chi connectivity index (χ2n) is 4.66. The molecule has 2 rings (SSSR count). The summed E-state index contributed by atoms with van der Waals surface area (Å²) >= 11 is 0. The number of carbonyl (C=O) groups is 1. The van der Waals surface area contributed by atoms with Gasteiger partial charge in [0.05, 0.1) is 6.42 Å². The SMILES string of the molecule is CN(CCc1ccncc1)c1ccc(CCC(=O)O)o1. The van der Waals surface area contributed by atoms with Gasteiger partial charge in [-0.2, -0.15) is 0 Å². The first-order chi connectivity index (χ1) is 9.65. The third-order valence-electron chi connectivity index (χ3n) is 3.09. The molecule has 5 heteroatoms. The van der Waals surface area contributed by atoms with Crippen molar-refractivity contribution in [3.63, 3.8) is 0 Å². The molecule has 5 nitrogen and oxygen atoms in total. The van der Waals surface area contributed by atoms with Gasteiger partial charge < -0.3 is 14.4 Å². The van der Waals surface area contributed by atoms with Crippen LogP contribution >= 0.6 is 0 Å². The molecule has 0 aliphatic rings. The molecule has 0 aromatic carbocycles. The number of nitrogens with zero attached hydrogens (tertiary/aromatic N) is 2. The van der Waals surface area contributed by atoms with E-state index in [9.17, 15) is 4.79 Å². The Labute approximate surface area is 117 Å². The van der Waals surface area contributed by atoms with E-state index in [0.29, 0.717) is 12.2 Å². The van der Waals surface area contributed by atoms with E-state index >= 15 is 0 Å². The summed E-state index contributed by atoms with van der Waals surface area (Å²) in [6, 6.07) is 7.70. The maximum atomic E-state index is 10.5. The largest absolute Gasteiger partial charge is 0.481 e. The van der Waals surface area contributed by atoms with Gasteiger partial charge in [0.15, 0.2) is 5.88 Å². The lowest BCUT2D eigenvalue weighted by atomic mass is 10.2. The van der Waals surface area contributed by atoms with Gasteiger partial charge in [-0.1, -0.05) is 0 Å². The van der Waals surface area contributed by atoms with Crippen molar-refractivity contribution in [3.8, 4) is 0 Å². The minimum absolute atomic E-state index is 0.0910. The fraction of sp³-hybridized carbons (Fsp3) is 0.333. The van der Waals surface area contributed by atoms with Crippen molar-refractivity contribution < 1.29 is 14.3 Å². The average Bonchev–Trinajstić information content (AvgIpc) is 2.92. The van der Waals surface area contributed by atoms with Gasteiger partial charge in [-0.3, -0.25) is 9.78 Å². The van der Waals surface area contributed by atoms with Crippen LogP contribution in [0.25, 0.3) is 0 Å². The zero-order valence-electron chi connectivity index (χ0n) is 11.5. The first kappa shape index (κ1) is 14.1. The van der Waals surface area contributed by atoms with Crippen LogP contribution in [0.1, 0.15) is 17.7 Å². The number of likely N-dealkylation sites (N-methyl/N-ethyl adjacent to an activating group) is 1. The van der Waals surface area contributed by atoms with Crippen molar-refractivity contribution in [1.29, 1.82) is 0 Å². The van der Waals surface area contributed by atoms with Gasteiger partial charge in [0.2, 0.25) is 0 Å². The number of carboxylic acids is 1. The molecule has 1 N–H and O–H groups in total. The summed E-state index contributed by atoms with van der Waals surface area (Å²) in [5, 5.41) is 8.64. The maximum absolute atomic E-state index is 10.5. The Hall–Kier alpha value is -2.30. The molecule has 0 bridgehead atoms. The van der Waals surface area contributed by atoms with Crippen molar-refractivity contribution >= 4 is 11.9 Å². The van der Waals surface area contributed by atoms with Crippen molar-refractivity contribution in [2.45, 2.75) is 19.3 Å². The van der Waals surface area contributed by atoms with Gasteiger partial charge in [0.1, 0.15) is 5.76 Å². The molecule has 0 aliphatic carbocycles. The highest BCUT2D eigenvalue weighted by atomic mass is 16.4. The number of pyridine rings is 1. The second kappa shape index (κ2) is 6.75. The minimum atomic E-state index is -0.811. The molecule has 2 heterocycles. The molecule has 2 aromatic rings. The molecule has 0 radical (unpaired) electrons. The van der Waals surface area contributed by atoms with Crippen LogP contribution < -0.4 is 4.90 Å². The van der Waals surface area contributed by atoms with Crippen molar-refractivity contribution in [2.24, 2.45) is 0 Å². The van der Waals surface area contributed by atoms with Gasteiger partial charge in [0, 0.05) is 38.5 Å². The van der Waals surface area contributed by atoms with E-state index in [4.69, 9.17) is 9.52 Å². The number of aliphatic carboxylic acids is 1. The zero-order valence-corrected chi connectivity index (χ0v) is 11.5. The second-order valence-corrected chi connectivity index (χ2v) is 4.66. The lowest BCUT2D eigenvalue weighted by molar-refractivity contribution is -0.137. The Kier molecular flexibility index (Phi) is 4.76. The van der Waals surface area contributed by atoms with Crippen molar-refractivity contribution in [1.82, 2.24) is 4.98 Å². The molecule has 0 unspecified atom stereocenters. The van der Waals surface area contributed by atoms with E-state index in [1.54, 1.807) is 12.4 Å². The Balaban J connectivity index is 1.86. The van der Waals surface area contributed by atoms with E-state index < -0.39 is 5.97 Å². The monoisotopic (exact) mass is 274 g/mol. The summed E-state index contributed by atoms with van der Waals surface area (Å²) in [4.78, 5) is 16.5. The van der Waals surface area contributed by atoms with Gasteiger partial charge in [-0.05, 0) is 30.2 Å². The van der Waals surface area contributed by atoms with Crippen molar-refractivity contribution in [3.05, 3.63) is 48.0 Å². The number of aryl methyl sites for hydroxylation is 1. The lowest BCUT2D eigenvalue weighted by Crippen LogP contribution is -2.19. The molecule has 20 heavy (non-hydrogen) atoms. The standard InChI is InChI=1S/C15H18N2O3/c1-17(11-8-12-6-9-16-10-7-12)14-4-2-13(20-14)3-5-15(18)19/h2,4,6-7,9-10H,3,5,8,11H2,1H3,(H,18,19). The number of furan rings is 1. The number of anilines is 1. The third kappa shape index (κ3) is 4.12. The first-order valence-corrected chi connectivity index (χ1v) is 6.55. The van der Waals surface area contributed by atoms with Crippen LogP contribution in [0.2, 0.25) is 0 Å². The summed E-state index contributed by atoms with van der Waals surface area (Å²) in [6.07, 6.45) is 4.99. The fourth-order valence-electron chi connectivity index (χ4n) is 1.89. The Bertz CT molecular complexity index is 551. The van der Waals surface area contributed by atoms with Crippen LogP contribution in [-0.4, -0.2) is 29.7 Å². The quantitative estimate of drug-likeness (QED) is 0.839. The molecule has 106 valence electrons. The fourth-order valence-corrected chi connectivity index (χ4v) is 1.89. The van der Waals surface area contributed by atoms with Gasteiger partial charge >= 0.3 is 5.97 Å². The topological polar surface area (TPSA) is 66.6 Å². The molecule has 0 aliphatic heterocycles. The highest BCUT2D eigenvalue weighted by Gasteiger charge is 2.08. The summed E-state index contributed by atoms with van der Waals surface area (Å²) in [7, 11) is 1.96. The third-order valence-corrected chi connectivity index (χ3v) is 3.09. The molecule has 0 saturated heterocycles. The summed E-state index contributed by atoms with van der Waals surface area (Å²) in [5.74, 6) is 0.659. The Morgan fingerprint density at radius 3 is 2.70 bits per heavy atom. The van der Waals surface area contributed by atoms with Crippen LogP contribution in [0, 0.1) is 0 Å².